The van der Waals surface area contributed by atoms with Gasteiger partial charge in [0.2, 0.25) is 5.91 Å². The van der Waals surface area contributed by atoms with Crippen LogP contribution in [0.1, 0.15) is 26.3 Å². The quantitative estimate of drug-likeness (QED) is 0.620. The van der Waals surface area contributed by atoms with Crippen LogP contribution in [0.25, 0.3) is 0 Å². The molecule has 2 unspecified atom stereocenters. The highest BCUT2D eigenvalue weighted by molar-refractivity contribution is 6.33. The van der Waals surface area contributed by atoms with Gasteiger partial charge in [-0.1, -0.05) is 18.2 Å². The van der Waals surface area contributed by atoms with E-state index in [4.69, 9.17) is 16.3 Å². The molecule has 2 atom stereocenters. The van der Waals surface area contributed by atoms with Gasteiger partial charge in [-0.25, -0.2) is 4.79 Å². The molecule has 0 aliphatic heterocycles. The Kier molecular flexibility index (Phi) is 6.02. The molecule has 0 fully saturated rings. The third-order valence-electron chi connectivity index (χ3n) is 2.97. The molecule has 1 amide bonds. The van der Waals surface area contributed by atoms with Crippen LogP contribution in [0.3, 0.4) is 0 Å². The van der Waals surface area contributed by atoms with E-state index in [0.717, 1.165) is 5.56 Å². The summed E-state index contributed by atoms with van der Waals surface area (Å²) in [5.41, 5.74) is 1.57. The molecular weight excluding hydrogens is 278 g/mol. The first-order chi connectivity index (χ1) is 9.40. The number of carbonyl (C=O) groups is 2. The Labute approximate surface area is 124 Å². The number of ether oxygens (including phenoxy) is 1. The molecule has 4 nitrogen and oxygen atoms in total. The topological polar surface area (TPSA) is 46.6 Å². The van der Waals surface area contributed by atoms with Crippen molar-refractivity contribution in [2.45, 2.75) is 39.1 Å². The van der Waals surface area contributed by atoms with Gasteiger partial charge in [0.25, 0.3) is 0 Å². The van der Waals surface area contributed by atoms with Gasteiger partial charge in [-0.3, -0.25) is 9.69 Å². The number of anilines is 1. The minimum atomic E-state index is -0.718. The second kappa shape index (κ2) is 7.29. The summed E-state index contributed by atoms with van der Waals surface area (Å²) < 4.78 is 5.00. The smallest absolute Gasteiger partial charge is 0.328 e. The van der Waals surface area contributed by atoms with Crippen molar-refractivity contribution in [2.75, 3.05) is 11.5 Å². The molecule has 0 spiro atoms. The average Bonchev–Trinajstić information content (AvgIpc) is 2.41. The second-order valence-electron chi connectivity index (χ2n) is 4.54. The van der Waals surface area contributed by atoms with E-state index < -0.39 is 17.4 Å². The van der Waals surface area contributed by atoms with Crippen LogP contribution in [0.4, 0.5) is 5.69 Å². The number of para-hydroxylation sites is 1. The van der Waals surface area contributed by atoms with E-state index in [1.807, 2.05) is 25.1 Å². The van der Waals surface area contributed by atoms with Crippen molar-refractivity contribution in [2.24, 2.45) is 0 Å². The van der Waals surface area contributed by atoms with Crippen LogP contribution in [0, 0.1) is 6.92 Å². The third kappa shape index (κ3) is 3.73. The fraction of sp³-hybridized carbons (Fsp3) is 0.467. The highest BCUT2D eigenvalue weighted by atomic mass is 35.5. The van der Waals surface area contributed by atoms with E-state index in [1.165, 1.54) is 4.90 Å². The third-order valence-corrected chi connectivity index (χ3v) is 3.15. The zero-order valence-electron chi connectivity index (χ0n) is 12.2. The van der Waals surface area contributed by atoms with Crippen LogP contribution in [0.15, 0.2) is 24.3 Å². The molecule has 0 radical (unpaired) electrons. The number of esters is 1. The molecule has 110 valence electrons. The molecule has 0 bridgehead atoms. The van der Waals surface area contributed by atoms with Crippen molar-refractivity contribution in [1.82, 2.24) is 0 Å². The summed E-state index contributed by atoms with van der Waals surface area (Å²) in [7, 11) is 0. The molecule has 1 rings (SSSR count). The van der Waals surface area contributed by atoms with Gasteiger partial charge in [0.05, 0.1) is 6.61 Å². The zero-order valence-corrected chi connectivity index (χ0v) is 13.0. The summed E-state index contributed by atoms with van der Waals surface area (Å²) in [4.78, 5) is 25.7. The Hall–Kier alpha value is -1.55. The predicted molar refractivity (Wildman–Crippen MR) is 80.1 cm³/mol. The van der Waals surface area contributed by atoms with Crippen molar-refractivity contribution in [3.05, 3.63) is 29.8 Å². The van der Waals surface area contributed by atoms with Gasteiger partial charge in [0, 0.05) is 5.69 Å². The summed E-state index contributed by atoms with van der Waals surface area (Å²) in [6.45, 7) is 7.12. The minimum Gasteiger partial charge on any atom is -0.464 e. The van der Waals surface area contributed by atoms with Gasteiger partial charge in [-0.15, -0.1) is 11.6 Å². The number of nitrogens with zero attached hydrogens (tertiary/aromatic N) is 1. The Morgan fingerprint density at radius 2 is 1.90 bits per heavy atom. The van der Waals surface area contributed by atoms with E-state index in [1.54, 1.807) is 26.8 Å². The van der Waals surface area contributed by atoms with Gasteiger partial charge in [-0.05, 0) is 39.3 Å². The summed E-state index contributed by atoms with van der Waals surface area (Å²) in [5, 5.41) is -0.716. The lowest BCUT2D eigenvalue weighted by Crippen LogP contribution is -2.47. The molecule has 20 heavy (non-hydrogen) atoms. The number of rotatable bonds is 5. The molecule has 1 aromatic rings. The fourth-order valence-corrected chi connectivity index (χ4v) is 2.02. The number of hydrogen-bond acceptors (Lipinski definition) is 3. The number of hydrogen-bond donors (Lipinski definition) is 0. The molecule has 0 aliphatic carbocycles. The van der Waals surface area contributed by atoms with Crippen molar-refractivity contribution in [3.8, 4) is 0 Å². The van der Waals surface area contributed by atoms with Crippen LogP contribution >= 0.6 is 11.6 Å². The molecule has 5 heteroatoms. The molecule has 1 aromatic carbocycles. The number of benzene rings is 1. The lowest BCUT2D eigenvalue weighted by atomic mass is 10.1. The maximum atomic E-state index is 12.3. The largest absolute Gasteiger partial charge is 0.464 e. The Morgan fingerprint density at radius 3 is 2.40 bits per heavy atom. The Bertz CT molecular complexity index is 488. The minimum absolute atomic E-state index is 0.273. The lowest BCUT2D eigenvalue weighted by Gasteiger charge is -2.30. The predicted octanol–water partition coefficient (Wildman–Crippen LogP) is 2.91. The molecule has 0 saturated heterocycles. The lowest BCUT2D eigenvalue weighted by molar-refractivity contribution is -0.145. The molecule has 0 heterocycles. The van der Waals surface area contributed by atoms with Crippen molar-refractivity contribution in [1.29, 1.82) is 0 Å². The Morgan fingerprint density at radius 1 is 1.30 bits per heavy atom. The van der Waals surface area contributed by atoms with Crippen molar-refractivity contribution < 1.29 is 14.3 Å². The normalized spacial score (nSPS) is 13.4. The summed E-state index contributed by atoms with van der Waals surface area (Å²) in [6.07, 6.45) is 0. The molecular formula is C15H20ClNO3. The first-order valence-electron chi connectivity index (χ1n) is 6.59. The number of alkyl halides is 1. The van der Waals surface area contributed by atoms with Gasteiger partial charge in [-0.2, -0.15) is 0 Å². The first kappa shape index (κ1) is 16.5. The molecule has 0 aliphatic rings. The van der Waals surface area contributed by atoms with Crippen LogP contribution < -0.4 is 4.90 Å². The van der Waals surface area contributed by atoms with Gasteiger partial charge < -0.3 is 4.74 Å². The van der Waals surface area contributed by atoms with Crippen LogP contribution in [-0.4, -0.2) is 29.9 Å². The van der Waals surface area contributed by atoms with Crippen LogP contribution in [0.2, 0.25) is 0 Å². The second-order valence-corrected chi connectivity index (χ2v) is 5.19. The average molecular weight is 298 g/mol. The number of halogens is 1. The van der Waals surface area contributed by atoms with E-state index in [2.05, 4.69) is 0 Å². The maximum Gasteiger partial charge on any atom is 0.328 e. The zero-order chi connectivity index (χ0) is 15.3. The van der Waals surface area contributed by atoms with Gasteiger partial charge in [0.1, 0.15) is 11.4 Å². The van der Waals surface area contributed by atoms with Crippen molar-refractivity contribution in [3.63, 3.8) is 0 Å². The summed E-state index contributed by atoms with van der Waals surface area (Å²) in [5.74, 6) is -0.761. The molecule has 0 saturated carbocycles. The molecule has 0 aromatic heterocycles. The standard InChI is InChI=1S/C15H20ClNO3/c1-5-20-15(19)12(4)17(14(18)11(3)16)13-9-7-6-8-10(13)2/h6-9,11-12H,5H2,1-4H3. The summed E-state index contributed by atoms with van der Waals surface area (Å²) in [6, 6.07) is 6.65. The van der Waals surface area contributed by atoms with Crippen LogP contribution in [0.5, 0.6) is 0 Å². The van der Waals surface area contributed by atoms with E-state index in [9.17, 15) is 9.59 Å². The van der Waals surface area contributed by atoms with Crippen molar-refractivity contribution >= 4 is 29.2 Å². The van der Waals surface area contributed by atoms with E-state index in [-0.39, 0.29) is 12.5 Å². The Balaban J connectivity index is 3.19. The molecule has 0 N–H and O–H groups in total. The highest BCUT2D eigenvalue weighted by Gasteiger charge is 2.31. The summed E-state index contributed by atoms with van der Waals surface area (Å²) >= 11 is 5.91. The van der Waals surface area contributed by atoms with Gasteiger partial charge in [0.15, 0.2) is 0 Å². The monoisotopic (exact) mass is 297 g/mol. The fourth-order valence-electron chi connectivity index (χ4n) is 1.91. The first-order valence-corrected chi connectivity index (χ1v) is 7.03. The van der Waals surface area contributed by atoms with Gasteiger partial charge >= 0.3 is 5.97 Å². The number of amides is 1. The number of carbonyl (C=O) groups excluding carboxylic acids is 2. The SMILES string of the molecule is CCOC(=O)C(C)N(C(=O)C(C)Cl)c1ccccc1C. The number of aryl methyl sites for hydroxylation is 1. The highest BCUT2D eigenvalue weighted by Crippen LogP contribution is 2.24. The maximum absolute atomic E-state index is 12.3. The van der Waals surface area contributed by atoms with E-state index in [0.29, 0.717) is 5.69 Å². The van der Waals surface area contributed by atoms with E-state index >= 15 is 0 Å². The van der Waals surface area contributed by atoms with Crippen LogP contribution in [-0.2, 0) is 14.3 Å².